The second-order valence-corrected chi connectivity index (χ2v) is 9.57. The number of rotatable bonds is 2. The second-order valence-electron chi connectivity index (χ2n) is 9.57. The zero-order chi connectivity index (χ0) is 25.5. The van der Waals surface area contributed by atoms with Crippen LogP contribution in [0.5, 0.6) is 0 Å². The molecule has 0 bridgehead atoms. The van der Waals surface area contributed by atoms with E-state index in [1.165, 1.54) is 0 Å². The van der Waals surface area contributed by atoms with E-state index in [0.29, 0.717) is 11.5 Å². The molecule has 3 aliphatic heterocycles. The van der Waals surface area contributed by atoms with Crippen LogP contribution in [-0.2, 0) is 22.1 Å². The molecule has 2 fully saturated rings. The van der Waals surface area contributed by atoms with Crippen LogP contribution in [0.3, 0.4) is 0 Å². The number of aromatic amines is 1. The number of aryl methyl sites for hydroxylation is 1. The molecule has 2 saturated heterocycles. The van der Waals surface area contributed by atoms with Crippen molar-refractivity contribution < 1.29 is 9.59 Å². The Labute approximate surface area is 210 Å². The van der Waals surface area contributed by atoms with Crippen molar-refractivity contribution in [2.24, 2.45) is 7.05 Å². The SMILES string of the molecule is Cn1c(C23CC4C(=O)NC(=Cc5ccccc5)C(=O)N4C2Nc2ccccc23)nc2c(=O)[nH]c(N)nc21. The molecule has 3 atom stereocenters. The lowest BCUT2D eigenvalue weighted by Crippen LogP contribution is -2.58. The molecule has 2 amide bonds. The van der Waals surface area contributed by atoms with Gasteiger partial charge in [0.15, 0.2) is 11.2 Å². The van der Waals surface area contributed by atoms with Gasteiger partial charge in [0.2, 0.25) is 11.9 Å². The number of H-pyrrole nitrogens is 1. The Morgan fingerprint density at radius 2 is 1.81 bits per heavy atom. The normalized spacial score (nSPS) is 25.1. The molecule has 2 aromatic carbocycles. The van der Waals surface area contributed by atoms with Crippen LogP contribution >= 0.6 is 0 Å². The molecule has 2 aromatic heterocycles. The average molecular weight is 495 g/mol. The smallest absolute Gasteiger partial charge is 0.280 e. The van der Waals surface area contributed by atoms with Crippen LogP contribution in [-0.4, -0.2) is 48.4 Å². The Balaban J connectivity index is 1.44. The number of hydrogen-bond acceptors (Lipinski definition) is 7. The van der Waals surface area contributed by atoms with Gasteiger partial charge in [-0.2, -0.15) is 4.98 Å². The third kappa shape index (κ3) is 2.79. The number of aromatic nitrogens is 4. The number of nitrogens with zero attached hydrogens (tertiary/aromatic N) is 4. The van der Waals surface area contributed by atoms with Crippen molar-refractivity contribution >= 4 is 40.7 Å². The number of anilines is 2. The number of piperazine rings is 1. The summed E-state index contributed by atoms with van der Waals surface area (Å²) in [5.41, 5.74) is 7.68. The number of imidazole rings is 1. The van der Waals surface area contributed by atoms with Gasteiger partial charge in [-0.3, -0.25) is 19.4 Å². The fourth-order valence-electron chi connectivity index (χ4n) is 6.05. The highest BCUT2D eigenvalue weighted by molar-refractivity contribution is 6.08. The van der Waals surface area contributed by atoms with Crippen molar-refractivity contribution in [2.75, 3.05) is 11.1 Å². The van der Waals surface area contributed by atoms with E-state index in [1.54, 1.807) is 22.6 Å². The van der Waals surface area contributed by atoms with E-state index in [4.69, 9.17) is 10.7 Å². The highest BCUT2D eigenvalue weighted by Gasteiger charge is 2.65. The van der Waals surface area contributed by atoms with Gasteiger partial charge in [-0.1, -0.05) is 48.5 Å². The molecule has 11 heteroatoms. The van der Waals surface area contributed by atoms with Gasteiger partial charge in [0.25, 0.3) is 11.5 Å². The number of para-hydroxylation sites is 1. The molecule has 0 aliphatic carbocycles. The number of nitrogen functional groups attached to an aromatic ring is 1. The monoisotopic (exact) mass is 494 g/mol. The van der Waals surface area contributed by atoms with Crippen LogP contribution in [0.1, 0.15) is 23.4 Å². The first kappa shape index (κ1) is 21.4. The number of fused-ring (bicyclic) bond motifs is 6. The third-order valence-electron chi connectivity index (χ3n) is 7.58. The Bertz CT molecular complexity index is 1720. The summed E-state index contributed by atoms with van der Waals surface area (Å²) < 4.78 is 1.74. The Morgan fingerprint density at radius 1 is 1.05 bits per heavy atom. The second kappa shape index (κ2) is 7.29. The van der Waals surface area contributed by atoms with Crippen LogP contribution in [0, 0.1) is 0 Å². The number of hydrogen-bond donors (Lipinski definition) is 4. The van der Waals surface area contributed by atoms with Gasteiger partial charge in [-0.25, -0.2) is 4.98 Å². The van der Waals surface area contributed by atoms with Gasteiger partial charge in [0, 0.05) is 12.7 Å². The molecule has 0 radical (unpaired) electrons. The van der Waals surface area contributed by atoms with Gasteiger partial charge < -0.3 is 25.8 Å². The topological polar surface area (TPSA) is 151 Å². The van der Waals surface area contributed by atoms with Gasteiger partial charge in [-0.05, 0) is 29.7 Å². The summed E-state index contributed by atoms with van der Waals surface area (Å²) in [4.78, 5) is 53.1. The lowest BCUT2D eigenvalue weighted by molar-refractivity contribution is -0.141. The summed E-state index contributed by atoms with van der Waals surface area (Å²) in [7, 11) is 1.77. The molecule has 0 saturated carbocycles. The molecule has 5 heterocycles. The van der Waals surface area contributed by atoms with Crippen molar-refractivity contribution in [3.8, 4) is 0 Å². The van der Waals surface area contributed by atoms with Gasteiger partial charge >= 0.3 is 0 Å². The quantitative estimate of drug-likeness (QED) is 0.304. The molecule has 3 unspecified atom stereocenters. The van der Waals surface area contributed by atoms with Crippen LogP contribution in [0.15, 0.2) is 65.1 Å². The minimum atomic E-state index is -0.910. The average Bonchev–Trinajstić information content (AvgIpc) is 3.50. The summed E-state index contributed by atoms with van der Waals surface area (Å²) in [5, 5.41) is 6.30. The molecular weight excluding hydrogens is 472 g/mol. The van der Waals surface area contributed by atoms with Gasteiger partial charge in [-0.15, -0.1) is 0 Å². The first-order valence-corrected chi connectivity index (χ1v) is 11.9. The first-order chi connectivity index (χ1) is 17.9. The minimum Gasteiger partial charge on any atom is -0.369 e. The van der Waals surface area contributed by atoms with E-state index in [2.05, 4.69) is 20.6 Å². The summed E-state index contributed by atoms with van der Waals surface area (Å²) in [6.07, 6.45) is 1.35. The summed E-state index contributed by atoms with van der Waals surface area (Å²) in [6.45, 7) is 0. The van der Waals surface area contributed by atoms with E-state index < -0.39 is 23.2 Å². The van der Waals surface area contributed by atoms with E-state index in [1.807, 2.05) is 54.6 Å². The maximum Gasteiger partial charge on any atom is 0.280 e. The molecule has 3 aliphatic rings. The molecule has 184 valence electrons. The van der Waals surface area contributed by atoms with Crippen molar-refractivity contribution in [1.29, 1.82) is 0 Å². The minimum absolute atomic E-state index is 0.0138. The Kier molecular flexibility index (Phi) is 4.21. The first-order valence-electron chi connectivity index (χ1n) is 11.9. The van der Waals surface area contributed by atoms with Crippen LogP contribution in [0.2, 0.25) is 0 Å². The number of nitrogens with two attached hydrogens (primary N) is 1. The maximum absolute atomic E-state index is 13.9. The lowest BCUT2D eigenvalue weighted by atomic mass is 9.77. The number of benzene rings is 2. The maximum atomic E-state index is 13.9. The molecular formula is C26H22N8O3. The molecule has 11 nitrogen and oxygen atoms in total. The predicted octanol–water partition coefficient (Wildman–Crippen LogP) is 1.05. The van der Waals surface area contributed by atoms with E-state index in [0.717, 1.165) is 16.8 Å². The highest BCUT2D eigenvalue weighted by atomic mass is 16.2. The number of nitrogens with one attached hydrogen (secondary N) is 3. The van der Waals surface area contributed by atoms with E-state index in [-0.39, 0.29) is 35.4 Å². The fourth-order valence-corrected chi connectivity index (χ4v) is 6.05. The van der Waals surface area contributed by atoms with Crippen LogP contribution in [0.25, 0.3) is 17.2 Å². The molecule has 7 rings (SSSR count). The van der Waals surface area contributed by atoms with Gasteiger partial charge in [0.1, 0.15) is 23.7 Å². The Morgan fingerprint density at radius 3 is 2.62 bits per heavy atom. The van der Waals surface area contributed by atoms with Crippen molar-refractivity contribution in [1.82, 2.24) is 29.7 Å². The summed E-state index contributed by atoms with van der Waals surface area (Å²) >= 11 is 0. The summed E-state index contributed by atoms with van der Waals surface area (Å²) in [6, 6.07) is 16.4. The van der Waals surface area contributed by atoms with Crippen LogP contribution in [0.4, 0.5) is 11.6 Å². The Hall–Kier alpha value is -4.93. The number of carbonyl (C=O) groups excluding carboxylic acids is 2. The van der Waals surface area contributed by atoms with Crippen molar-refractivity contribution in [3.05, 3.63) is 87.6 Å². The molecule has 0 spiro atoms. The van der Waals surface area contributed by atoms with E-state index >= 15 is 0 Å². The zero-order valence-corrected chi connectivity index (χ0v) is 19.7. The molecule has 37 heavy (non-hydrogen) atoms. The van der Waals surface area contributed by atoms with Crippen LogP contribution < -0.4 is 21.9 Å². The van der Waals surface area contributed by atoms with Crippen molar-refractivity contribution in [3.63, 3.8) is 0 Å². The predicted molar refractivity (Wildman–Crippen MR) is 136 cm³/mol. The molecule has 4 aromatic rings. The standard InChI is InChI=1S/C26H22N8O3/c1-33-19-18(21(36)32-25(27)31-19)30-23(33)26-12-17-20(35)28-16(11-13-7-3-2-4-8-13)22(37)34(17)24(26)29-15-10-6-5-9-14(15)26/h2-11,17,24,29H,12H2,1H3,(H,28,35)(H3,27,31,32,36). The number of amides is 2. The molecule has 5 N–H and O–H groups in total. The lowest BCUT2D eigenvalue weighted by Gasteiger charge is -2.35. The van der Waals surface area contributed by atoms with Gasteiger partial charge in [0.05, 0.1) is 5.41 Å². The largest absolute Gasteiger partial charge is 0.369 e. The summed E-state index contributed by atoms with van der Waals surface area (Å²) in [5.74, 6) is -0.0503. The zero-order valence-electron chi connectivity index (χ0n) is 19.7. The van der Waals surface area contributed by atoms with Crippen molar-refractivity contribution in [2.45, 2.75) is 24.0 Å². The number of carbonyl (C=O) groups is 2. The van der Waals surface area contributed by atoms with E-state index in [9.17, 15) is 14.4 Å². The fraction of sp³-hybridized carbons (Fsp3) is 0.192. The highest BCUT2D eigenvalue weighted by Crippen LogP contribution is 2.55. The third-order valence-corrected chi connectivity index (χ3v) is 7.58.